The lowest BCUT2D eigenvalue weighted by Crippen LogP contribution is -2.55. The van der Waals surface area contributed by atoms with Crippen molar-refractivity contribution in [3.63, 3.8) is 0 Å². The molecule has 3 aliphatic heterocycles. The van der Waals surface area contributed by atoms with Gasteiger partial charge in [0.05, 0.1) is 30.8 Å². The van der Waals surface area contributed by atoms with Crippen LogP contribution in [0.4, 0.5) is 0 Å². The molecular formula is C27H32O15. The fraction of sp³-hybridized carbons (Fsp3) is 0.519. The second kappa shape index (κ2) is 11.5. The third kappa shape index (κ3) is 4.87. The van der Waals surface area contributed by atoms with Crippen LogP contribution in [0.2, 0.25) is 0 Å². The maximum atomic E-state index is 13.5. The molecule has 0 bridgehead atoms. The van der Waals surface area contributed by atoms with Crippen LogP contribution in [-0.4, -0.2) is 124 Å². The Morgan fingerprint density at radius 3 is 1.67 bits per heavy atom. The van der Waals surface area contributed by atoms with Crippen LogP contribution in [0.25, 0.3) is 0 Å². The summed E-state index contributed by atoms with van der Waals surface area (Å²) in [4.78, 5) is 13.5. The van der Waals surface area contributed by atoms with Crippen molar-refractivity contribution in [1.29, 1.82) is 0 Å². The van der Waals surface area contributed by atoms with Crippen molar-refractivity contribution in [2.45, 2.75) is 73.6 Å². The number of phenols is 3. The van der Waals surface area contributed by atoms with Crippen LogP contribution in [-0.2, 0) is 9.47 Å². The molecule has 42 heavy (non-hydrogen) atoms. The van der Waals surface area contributed by atoms with Gasteiger partial charge in [-0.25, -0.2) is 0 Å². The van der Waals surface area contributed by atoms with Crippen molar-refractivity contribution < 1.29 is 75.2 Å². The molecule has 2 fully saturated rings. The molecule has 0 saturated carbocycles. The summed E-state index contributed by atoms with van der Waals surface area (Å²) < 4.78 is 17.2. The number of phenolic OH excluding ortho intramolecular Hbond substituents is 3. The van der Waals surface area contributed by atoms with Crippen LogP contribution < -0.4 is 4.74 Å². The van der Waals surface area contributed by atoms with Gasteiger partial charge in [-0.1, -0.05) is 12.1 Å². The van der Waals surface area contributed by atoms with Crippen LogP contribution in [0.5, 0.6) is 23.0 Å². The van der Waals surface area contributed by atoms with Gasteiger partial charge in [-0.15, -0.1) is 0 Å². The zero-order chi connectivity index (χ0) is 30.6. The van der Waals surface area contributed by atoms with Crippen LogP contribution in [0.3, 0.4) is 0 Å². The molecule has 15 heteroatoms. The highest BCUT2D eigenvalue weighted by Gasteiger charge is 2.51. The van der Waals surface area contributed by atoms with Gasteiger partial charge in [0.15, 0.2) is 5.78 Å². The van der Waals surface area contributed by atoms with Crippen molar-refractivity contribution >= 4 is 5.78 Å². The fourth-order valence-corrected chi connectivity index (χ4v) is 5.67. The smallest absolute Gasteiger partial charge is 0.174 e. The SMILES string of the molecule is O=C1C[C@@H](c2ccc(O)cc2)Oc2c1c(O)c([C@@H]1O[C@@H](CO)[C@@H](O)[C@@H](O)[C@H]1O)c(O)c2[C@@H]1O[C@@H](CO)[C@@H](O)[C@@H](O)[C@H]1O. The van der Waals surface area contributed by atoms with E-state index in [9.17, 15) is 61.0 Å². The molecular weight excluding hydrogens is 564 g/mol. The molecule has 3 aliphatic rings. The first-order valence-electron chi connectivity index (χ1n) is 13.1. The van der Waals surface area contributed by atoms with E-state index in [1.165, 1.54) is 24.3 Å². The number of hydrogen-bond donors (Lipinski definition) is 11. The van der Waals surface area contributed by atoms with E-state index in [0.29, 0.717) is 5.56 Å². The molecule has 5 rings (SSSR count). The highest BCUT2D eigenvalue weighted by Crippen LogP contribution is 2.55. The van der Waals surface area contributed by atoms with Crippen LogP contribution >= 0.6 is 0 Å². The molecule has 2 aromatic carbocycles. The summed E-state index contributed by atoms with van der Waals surface area (Å²) in [6, 6.07) is 5.62. The number of fused-ring (bicyclic) bond motifs is 1. The summed E-state index contributed by atoms with van der Waals surface area (Å²) >= 11 is 0. The zero-order valence-corrected chi connectivity index (χ0v) is 21.8. The Bertz CT molecular complexity index is 1310. The number of rotatable bonds is 5. The van der Waals surface area contributed by atoms with Crippen molar-refractivity contribution in [2.75, 3.05) is 13.2 Å². The quantitative estimate of drug-likeness (QED) is 0.171. The van der Waals surface area contributed by atoms with Gasteiger partial charge in [0, 0.05) is 0 Å². The summed E-state index contributed by atoms with van der Waals surface area (Å²) in [5.74, 6) is -3.21. The van der Waals surface area contributed by atoms with E-state index in [-0.39, 0.29) is 12.2 Å². The number of ketones is 1. The van der Waals surface area contributed by atoms with E-state index in [0.717, 1.165) is 0 Å². The third-order valence-electron chi connectivity index (χ3n) is 8.00. The van der Waals surface area contributed by atoms with Gasteiger partial charge in [-0.05, 0) is 17.7 Å². The number of Topliss-reactive ketones (excluding diaryl/α,β-unsaturated/α-hetero) is 1. The number of hydrogen-bond acceptors (Lipinski definition) is 15. The van der Waals surface area contributed by atoms with Crippen molar-refractivity contribution in [1.82, 2.24) is 0 Å². The summed E-state index contributed by atoms with van der Waals surface area (Å²) in [7, 11) is 0. The standard InChI is InChI=1S/C27H32O15/c28-6-12-17(32)21(36)23(38)26(41-12)15-19(34)14-10(31)5-11(8-1-3-9(30)4-2-8)40-25(14)16(20(15)35)27-24(39)22(37)18(33)13(7-29)42-27/h1-4,11-13,17-18,21-24,26-30,32-39H,5-7H2/t11-,12-,13-,17+,18+,21+,22+,23+,24+,26-,27-/m0/s1. The lowest BCUT2D eigenvalue weighted by molar-refractivity contribution is -0.234. The fourth-order valence-electron chi connectivity index (χ4n) is 5.67. The first-order chi connectivity index (χ1) is 19.9. The molecule has 2 saturated heterocycles. The molecule has 11 atom stereocenters. The maximum absolute atomic E-state index is 13.5. The molecule has 0 amide bonds. The second-order valence-corrected chi connectivity index (χ2v) is 10.6. The van der Waals surface area contributed by atoms with Crippen molar-refractivity contribution in [3.05, 3.63) is 46.5 Å². The first-order valence-corrected chi connectivity index (χ1v) is 13.1. The monoisotopic (exact) mass is 596 g/mol. The molecule has 0 aromatic heterocycles. The van der Waals surface area contributed by atoms with Gasteiger partial charge in [0.2, 0.25) is 0 Å². The summed E-state index contributed by atoms with van der Waals surface area (Å²) in [6.45, 7) is -1.68. The Morgan fingerprint density at radius 2 is 1.17 bits per heavy atom. The highest BCUT2D eigenvalue weighted by atomic mass is 16.6. The average molecular weight is 597 g/mol. The van der Waals surface area contributed by atoms with E-state index in [1.807, 2.05) is 0 Å². The van der Waals surface area contributed by atoms with Gasteiger partial charge >= 0.3 is 0 Å². The van der Waals surface area contributed by atoms with Gasteiger partial charge in [-0.2, -0.15) is 0 Å². The van der Waals surface area contributed by atoms with E-state index >= 15 is 0 Å². The van der Waals surface area contributed by atoms with Gasteiger partial charge in [0.25, 0.3) is 0 Å². The molecule has 15 nitrogen and oxygen atoms in total. The molecule has 230 valence electrons. The average Bonchev–Trinajstić information content (AvgIpc) is 2.97. The van der Waals surface area contributed by atoms with Crippen LogP contribution in [0.1, 0.15) is 51.8 Å². The van der Waals surface area contributed by atoms with E-state index in [4.69, 9.17) is 14.2 Å². The maximum Gasteiger partial charge on any atom is 0.174 e. The zero-order valence-electron chi connectivity index (χ0n) is 21.8. The highest BCUT2D eigenvalue weighted by molar-refractivity contribution is 6.04. The van der Waals surface area contributed by atoms with Crippen LogP contribution in [0, 0.1) is 0 Å². The molecule has 3 heterocycles. The number of benzene rings is 2. The van der Waals surface area contributed by atoms with Crippen LogP contribution in [0.15, 0.2) is 24.3 Å². The molecule has 0 unspecified atom stereocenters. The number of ether oxygens (including phenoxy) is 3. The molecule has 0 aliphatic carbocycles. The summed E-state index contributed by atoms with van der Waals surface area (Å²) in [5, 5.41) is 115. The summed E-state index contributed by atoms with van der Waals surface area (Å²) in [5.41, 5.74) is -1.34. The Morgan fingerprint density at radius 1 is 0.667 bits per heavy atom. The third-order valence-corrected chi connectivity index (χ3v) is 8.00. The largest absolute Gasteiger partial charge is 0.508 e. The van der Waals surface area contributed by atoms with E-state index in [1.54, 1.807) is 0 Å². The predicted octanol–water partition coefficient (Wildman–Crippen LogP) is -2.46. The lowest BCUT2D eigenvalue weighted by atomic mass is 9.82. The minimum absolute atomic E-state index is 0.0669. The molecule has 0 radical (unpaired) electrons. The van der Waals surface area contributed by atoms with E-state index in [2.05, 4.69) is 0 Å². The number of aliphatic hydroxyl groups is 8. The number of carbonyl (C=O) groups excluding carboxylic acids is 1. The van der Waals surface area contributed by atoms with Crippen molar-refractivity contribution in [2.24, 2.45) is 0 Å². The minimum atomic E-state index is -2.01. The Balaban J connectivity index is 1.72. The molecule has 0 spiro atoms. The van der Waals surface area contributed by atoms with Gasteiger partial charge in [0.1, 0.15) is 95.7 Å². The minimum Gasteiger partial charge on any atom is -0.508 e. The van der Waals surface area contributed by atoms with Gasteiger partial charge < -0.3 is 70.4 Å². The number of aliphatic hydroxyl groups excluding tert-OH is 8. The Kier molecular flexibility index (Phi) is 8.34. The normalized spacial score (nSPS) is 36.8. The Hall–Kier alpha value is -3.09. The first kappa shape index (κ1) is 30.4. The number of aromatic hydroxyl groups is 3. The topological polar surface area (TPSA) is 267 Å². The predicted molar refractivity (Wildman–Crippen MR) is 136 cm³/mol. The van der Waals surface area contributed by atoms with Crippen molar-refractivity contribution in [3.8, 4) is 23.0 Å². The van der Waals surface area contributed by atoms with E-state index < -0.39 is 120 Å². The second-order valence-electron chi connectivity index (χ2n) is 10.6. The molecule has 2 aromatic rings. The Labute approximate surface area is 237 Å². The van der Waals surface area contributed by atoms with Gasteiger partial charge in [-0.3, -0.25) is 4.79 Å². The summed E-state index contributed by atoms with van der Waals surface area (Å²) in [6.07, 6.45) is -19.4. The lowest BCUT2D eigenvalue weighted by Gasteiger charge is -2.43. The number of carbonyl (C=O) groups is 1. The molecule has 11 N–H and O–H groups in total.